The van der Waals surface area contributed by atoms with Crippen molar-refractivity contribution in [1.29, 1.82) is 0 Å². The Kier molecular flexibility index (Phi) is 6.75. The molecule has 0 atom stereocenters. The number of benzene rings is 2. The minimum absolute atomic E-state index is 0.0917. The summed E-state index contributed by atoms with van der Waals surface area (Å²) in [6, 6.07) is 13.7. The summed E-state index contributed by atoms with van der Waals surface area (Å²) in [5.74, 6) is -0.377. The van der Waals surface area contributed by atoms with E-state index in [2.05, 4.69) is 10.2 Å². The van der Waals surface area contributed by atoms with Gasteiger partial charge in [0.1, 0.15) is 5.82 Å². The molecule has 0 saturated carbocycles. The fourth-order valence-electron chi connectivity index (χ4n) is 2.89. The van der Waals surface area contributed by atoms with Crippen LogP contribution in [0.15, 0.2) is 53.4 Å². The molecule has 1 amide bonds. The molecule has 1 aromatic heterocycles. The van der Waals surface area contributed by atoms with Gasteiger partial charge in [-0.05, 0) is 55.5 Å². The van der Waals surface area contributed by atoms with Crippen molar-refractivity contribution in [2.24, 2.45) is 0 Å². The molecule has 3 rings (SSSR count). The molecule has 4 nitrogen and oxygen atoms in total. The van der Waals surface area contributed by atoms with Crippen molar-refractivity contribution < 1.29 is 9.18 Å². The predicted molar refractivity (Wildman–Crippen MR) is 112 cm³/mol. The largest absolute Gasteiger partial charge is 0.342 e. The summed E-state index contributed by atoms with van der Waals surface area (Å²) in [6.07, 6.45) is 3.47. The molecule has 0 radical (unpaired) electrons. The van der Waals surface area contributed by atoms with Crippen molar-refractivity contribution in [3.63, 3.8) is 0 Å². The zero-order valence-corrected chi connectivity index (χ0v) is 17.3. The van der Waals surface area contributed by atoms with Crippen LogP contribution in [0, 0.1) is 5.82 Å². The highest BCUT2D eigenvalue weighted by Gasteiger charge is 2.16. The zero-order chi connectivity index (χ0) is 20.1. The summed E-state index contributed by atoms with van der Waals surface area (Å²) in [7, 11) is 1.77. The Morgan fingerprint density at radius 1 is 1.25 bits per heavy atom. The van der Waals surface area contributed by atoms with Gasteiger partial charge in [0.2, 0.25) is 0 Å². The number of aromatic nitrogens is 2. The Bertz CT molecular complexity index is 976. The van der Waals surface area contributed by atoms with Crippen LogP contribution in [0.5, 0.6) is 0 Å². The molecule has 28 heavy (non-hydrogen) atoms. The Balaban J connectivity index is 1.57. The maximum Gasteiger partial charge on any atom is 0.255 e. The first-order chi connectivity index (χ1) is 13.5. The molecule has 1 N–H and O–H groups in total. The lowest BCUT2D eigenvalue weighted by Crippen LogP contribution is -2.28. The van der Waals surface area contributed by atoms with Crippen molar-refractivity contribution in [2.45, 2.75) is 17.7 Å². The van der Waals surface area contributed by atoms with Gasteiger partial charge in [-0.15, -0.1) is 11.8 Å². The number of nitrogens with one attached hydrogen (secondary N) is 1. The highest BCUT2D eigenvalue weighted by molar-refractivity contribution is 7.98. The fraction of sp³-hybridized carbons (Fsp3) is 0.238. The molecule has 0 aliphatic carbocycles. The van der Waals surface area contributed by atoms with Crippen LogP contribution in [0.3, 0.4) is 0 Å². The van der Waals surface area contributed by atoms with E-state index in [0.29, 0.717) is 22.8 Å². The van der Waals surface area contributed by atoms with Gasteiger partial charge in [0, 0.05) is 29.7 Å². The lowest BCUT2D eigenvalue weighted by Gasteiger charge is -2.18. The smallest absolute Gasteiger partial charge is 0.255 e. The van der Waals surface area contributed by atoms with Crippen LogP contribution >= 0.6 is 23.4 Å². The van der Waals surface area contributed by atoms with Gasteiger partial charge in [-0.3, -0.25) is 9.89 Å². The van der Waals surface area contributed by atoms with Gasteiger partial charge in [-0.1, -0.05) is 23.7 Å². The second-order valence-electron chi connectivity index (χ2n) is 6.46. The number of nitrogens with zero attached hydrogens (tertiary/aromatic N) is 2. The van der Waals surface area contributed by atoms with E-state index in [4.69, 9.17) is 11.6 Å². The number of hydrogen-bond acceptors (Lipinski definition) is 3. The van der Waals surface area contributed by atoms with E-state index < -0.39 is 0 Å². The molecule has 2 aromatic carbocycles. The Morgan fingerprint density at radius 2 is 2.07 bits per heavy atom. The number of hydrogen-bond donors (Lipinski definition) is 1. The van der Waals surface area contributed by atoms with Gasteiger partial charge in [0.05, 0.1) is 16.3 Å². The lowest BCUT2D eigenvalue weighted by atomic mass is 10.1. The van der Waals surface area contributed by atoms with Gasteiger partial charge >= 0.3 is 0 Å². The van der Waals surface area contributed by atoms with Crippen LogP contribution < -0.4 is 0 Å². The maximum atomic E-state index is 13.4. The third kappa shape index (κ3) is 4.94. The summed E-state index contributed by atoms with van der Waals surface area (Å²) in [5, 5.41) is 7.69. The zero-order valence-electron chi connectivity index (χ0n) is 15.7. The molecule has 3 aromatic rings. The van der Waals surface area contributed by atoms with Crippen molar-refractivity contribution in [1.82, 2.24) is 15.1 Å². The summed E-state index contributed by atoms with van der Waals surface area (Å²) in [6.45, 7) is 0.590. The quantitative estimate of drug-likeness (QED) is 0.531. The van der Waals surface area contributed by atoms with E-state index in [-0.39, 0.29) is 11.7 Å². The normalized spacial score (nSPS) is 10.9. The van der Waals surface area contributed by atoms with E-state index in [1.165, 1.54) is 12.1 Å². The molecule has 0 saturated heterocycles. The average Bonchev–Trinajstić information content (AvgIpc) is 3.17. The van der Waals surface area contributed by atoms with Crippen LogP contribution in [0.1, 0.15) is 22.5 Å². The number of thioether (sulfide) groups is 1. The molecule has 0 spiro atoms. The number of aryl methyl sites for hydroxylation is 1. The van der Waals surface area contributed by atoms with Crippen molar-refractivity contribution in [3.8, 4) is 11.3 Å². The topological polar surface area (TPSA) is 49.0 Å². The molecule has 0 unspecified atom stereocenters. The molecule has 0 aliphatic rings. The summed E-state index contributed by atoms with van der Waals surface area (Å²) in [4.78, 5) is 15.4. The molecule has 0 aliphatic heterocycles. The Hall–Kier alpha value is -2.31. The van der Waals surface area contributed by atoms with Gasteiger partial charge in [-0.25, -0.2) is 4.39 Å². The fourth-order valence-corrected chi connectivity index (χ4v) is 3.53. The molecular formula is C21H21ClFN3OS. The molecular weight excluding hydrogens is 397 g/mol. The van der Waals surface area contributed by atoms with Crippen molar-refractivity contribution in [3.05, 3.63) is 70.6 Å². The summed E-state index contributed by atoms with van der Waals surface area (Å²) < 4.78 is 13.4. The molecule has 0 fully saturated rings. The number of halogens is 2. The molecule has 146 valence electrons. The lowest BCUT2D eigenvalue weighted by molar-refractivity contribution is 0.0793. The van der Waals surface area contributed by atoms with E-state index in [9.17, 15) is 9.18 Å². The van der Waals surface area contributed by atoms with Crippen LogP contribution in [0.25, 0.3) is 11.3 Å². The second-order valence-corrected chi connectivity index (χ2v) is 7.75. The van der Waals surface area contributed by atoms with Gasteiger partial charge in [0.15, 0.2) is 0 Å². The van der Waals surface area contributed by atoms with Crippen LogP contribution in [-0.2, 0) is 6.42 Å². The maximum absolute atomic E-state index is 13.4. The van der Waals surface area contributed by atoms with Crippen molar-refractivity contribution in [2.75, 3.05) is 19.8 Å². The third-order valence-corrected chi connectivity index (χ3v) is 5.50. The van der Waals surface area contributed by atoms with Crippen LogP contribution in [0.2, 0.25) is 5.02 Å². The first-order valence-electron chi connectivity index (χ1n) is 8.87. The number of H-pyrrole nitrogens is 1. The number of amides is 1. The first-order valence-corrected chi connectivity index (χ1v) is 10.5. The van der Waals surface area contributed by atoms with Crippen LogP contribution in [-0.4, -0.2) is 40.9 Å². The highest BCUT2D eigenvalue weighted by Crippen LogP contribution is 2.24. The van der Waals surface area contributed by atoms with Gasteiger partial charge in [-0.2, -0.15) is 5.10 Å². The molecule has 1 heterocycles. The average molecular weight is 418 g/mol. The monoisotopic (exact) mass is 417 g/mol. The Labute approximate surface area is 173 Å². The number of carbonyl (C=O) groups excluding carboxylic acids is 1. The standard InChI is InChI=1S/C21H21ClFN3OS/c1-26(21(27)18-13-17(28-2)8-9-19(18)22)10-4-7-16-12-20(25-24-16)14-5-3-6-15(23)11-14/h3,5-6,8-9,11-13H,4,7,10H2,1-2H3,(H,24,25). The number of carbonyl (C=O) groups is 1. The minimum atomic E-state index is -0.286. The number of aromatic amines is 1. The van der Waals surface area contributed by atoms with E-state index in [0.717, 1.165) is 29.0 Å². The predicted octanol–water partition coefficient (Wildman–Crippen LogP) is 5.30. The third-order valence-electron chi connectivity index (χ3n) is 4.44. The van der Waals surface area contributed by atoms with Crippen molar-refractivity contribution >= 4 is 29.3 Å². The highest BCUT2D eigenvalue weighted by atomic mass is 35.5. The molecule has 0 bridgehead atoms. The van der Waals surface area contributed by atoms with Gasteiger partial charge < -0.3 is 4.90 Å². The SMILES string of the molecule is CSc1ccc(Cl)c(C(=O)N(C)CCCc2cc(-c3cccc(F)c3)n[nH]2)c1. The summed E-state index contributed by atoms with van der Waals surface area (Å²) in [5.41, 5.74) is 2.91. The van der Waals surface area contributed by atoms with Crippen LogP contribution in [0.4, 0.5) is 4.39 Å². The minimum Gasteiger partial charge on any atom is -0.342 e. The van der Waals surface area contributed by atoms with E-state index >= 15 is 0 Å². The first kappa shape index (κ1) is 20.4. The second kappa shape index (κ2) is 9.26. The molecule has 7 heteroatoms. The van der Waals surface area contributed by atoms with Gasteiger partial charge in [0.25, 0.3) is 5.91 Å². The summed E-state index contributed by atoms with van der Waals surface area (Å²) >= 11 is 7.77. The Morgan fingerprint density at radius 3 is 2.82 bits per heavy atom. The number of rotatable bonds is 7. The van der Waals surface area contributed by atoms with E-state index in [1.54, 1.807) is 35.8 Å². The van der Waals surface area contributed by atoms with E-state index in [1.807, 2.05) is 30.5 Å².